The van der Waals surface area contributed by atoms with Gasteiger partial charge in [0.25, 0.3) is 0 Å². The van der Waals surface area contributed by atoms with Crippen LogP contribution in [0.5, 0.6) is 0 Å². The Bertz CT molecular complexity index is 425. The predicted octanol–water partition coefficient (Wildman–Crippen LogP) is 2.97. The Kier molecular flexibility index (Phi) is 5.44. The Morgan fingerprint density at radius 3 is 2.80 bits per heavy atom. The standard InChI is InChI=1S/C17H28N2O/c1-13-10-15(7-8-17(13)19(3)4)11-18-14(2)16-6-5-9-20-12-16/h7-8,10,14,16,18H,5-6,9,11-12H2,1-4H3/t14-,16+/m0/s1. The molecule has 3 nitrogen and oxygen atoms in total. The van der Waals surface area contributed by atoms with Crippen molar-refractivity contribution in [3.05, 3.63) is 29.3 Å². The number of aryl methyl sites for hydroxylation is 1. The molecule has 1 aliphatic rings. The minimum atomic E-state index is 0.518. The lowest BCUT2D eigenvalue weighted by Gasteiger charge is -2.28. The van der Waals surface area contributed by atoms with Crippen molar-refractivity contribution >= 4 is 5.69 Å². The molecule has 1 N–H and O–H groups in total. The van der Waals surface area contributed by atoms with Gasteiger partial charge in [0.05, 0.1) is 6.61 Å². The van der Waals surface area contributed by atoms with Gasteiger partial charge in [-0.3, -0.25) is 0 Å². The summed E-state index contributed by atoms with van der Waals surface area (Å²) in [6.07, 6.45) is 2.49. The molecule has 2 rings (SSSR count). The second-order valence-electron chi connectivity index (χ2n) is 6.16. The van der Waals surface area contributed by atoms with E-state index in [1.165, 1.54) is 29.7 Å². The molecule has 2 atom stereocenters. The average Bonchev–Trinajstić information content (AvgIpc) is 2.45. The maximum Gasteiger partial charge on any atom is 0.0509 e. The molecule has 3 heteroatoms. The van der Waals surface area contributed by atoms with E-state index in [9.17, 15) is 0 Å². The first kappa shape index (κ1) is 15.3. The fraction of sp³-hybridized carbons (Fsp3) is 0.647. The number of ether oxygens (including phenoxy) is 1. The van der Waals surface area contributed by atoms with Gasteiger partial charge in [-0.15, -0.1) is 0 Å². The first-order chi connectivity index (χ1) is 9.58. The van der Waals surface area contributed by atoms with Crippen molar-refractivity contribution in [3.63, 3.8) is 0 Å². The largest absolute Gasteiger partial charge is 0.381 e. The maximum absolute atomic E-state index is 5.57. The van der Waals surface area contributed by atoms with Gasteiger partial charge in [-0.25, -0.2) is 0 Å². The number of nitrogens with zero attached hydrogens (tertiary/aromatic N) is 1. The summed E-state index contributed by atoms with van der Waals surface area (Å²) in [4.78, 5) is 2.16. The Morgan fingerprint density at radius 2 is 2.20 bits per heavy atom. The summed E-state index contributed by atoms with van der Waals surface area (Å²) in [5.74, 6) is 0.658. The summed E-state index contributed by atoms with van der Waals surface area (Å²) < 4.78 is 5.57. The monoisotopic (exact) mass is 276 g/mol. The molecule has 0 bridgehead atoms. The molecule has 1 saturated heterocycles. The molecule has 1 aromatic rings. The Labute approximate surface area is 123 Å². The second kappa shape index (κ2) is 7.09. The van der Waals surface area contributed by atoms with E-state index in [4.69, 9.17) is 4.74 Å². The van der Waals surface area contributed by atoms with Crippen molar-refractivity contribution < 1.29 is 4.74 Å². The Morgan fingerprint density at radius 1 is 1.40 bits per heavy atom. The molecular weight excluding hydrogens is 248 g/mol. The molecule has 112 valence electrons. The highest BCUT2D eigenvalue weighted by Gasteiger charge is 2.20. The van der Waals surface area contributed by atoms with Crippen LogP contribution in [0.15, 0.2) is 18.2 Å². The number of rotatable bonds is 5. The van der Waals surface area contributed by atoms with E-state index in [1.807, 2.05) is 0 Å². The van der Waals surface area contributed by atoms with E-state index in [2.05, 4.69) is 56.4 Å². The van der Waals surface area contributed by atoms with E-state index < -0.39 is 0 Å². The highest BCUT2D eigenvalue weighted by molar-refractivity contribution is 5.53. The van der Waals surface area contributed by atoms with Crippen LogP contribution < -0.4 is 10.2 Å². The number of anilines is 1. The lowest BCUT2D eigenvalue weighted by molar-refractivity contribution is 0.0417. The number of benzene rings is 1. The third kappa shape index (κ3) is 3.97. The molecule has 1 fully saturated rings. The van der Waals surface area contributed by atoms with Crippen molar-refractivity contribution in [1.82, 2.24) is 5.32 Å². The lowest BCUT2D eigenvalue weighted by Crippen LogP contribution is -2.37. The zero-order valence-corrected chi connectivity index (χ0v) is 13.3. The van der Waals surface area contributed by atoms with Gasteiger partial charge in [0.1, 0.15) is 0 Å². The topological polar surface area (TPSA) is 24.5 Å². The maximum atomic E-state index is 5.57. The Hall–Kier alpha value is -1.06. The van der Waals surface area contributed by atoms with Gasteiger partial charge in [-0.05, 0) is 49.8 Å². The van der Waals surface area contributed by atoms with Gasteiger partial charge in [0.2, 0.25) is 0 Å². The van der Waals surface area contributed by atoms with Gasteiger partial charge in [0.15, 0.2) is 0 Å². The molecule has 0 saturated carbocycles. The van der Waals surface area contributed by atoms with Crippen LogP contribution in [0.1, 0.15) is 30.9 Å². The molecule has 1 aliphatic heterocycles. The van der Waals surface area contributed by atoms with E-state index in [1.54, 1.807) is 0 Å². The van der Waals surface area contributed by atoms with Crippen LogP contribution in [0.2, 0.25) is 0 Å². The van der Waals surface area contributed by atoms with Crippen LogP contribution >= 0.6 is 0 Å². The van der Waals surface area contributed by atoms with Gasteiger partial charge < -0.3 is 15.0 Å². The third-order valence-electron chi connectivity index (χ3n) is 4.27. The number of nitrogens with one attached hydrogen (secondary N) is 1. The number of hydrogen-bond donors (Lipinski definition) is 1. The quantitative estimate of drug-likeness (QED) is 0.895. The van der Waals surface area contributed by atoms with Gasteiger partial charge in [-0.2, -0.15) is 0 Å². The van der Waals surface area contributed by atoms with E-state index in [0.29, 0.717) is 12.0 Å². The molecule has 1 aromatic carbocycles. The van der Waals surface area contributed by atoms with Crippen molar-refractivity contribution in [2.45, 2.75) is 39.3 Å². The van der Waals surface area contributed by atoms with Crippen LogP contribution in [0.4, 0.5) is 5.69 Å². The molecular formula is C17H28N2O. The fourth-order valence-corrected chi connectivity index (χ4v) is 2.93. The normalized spacial score (nSPS) is 20.7. The van der Waals surface area contributed by atoms with Gasteiger partial charge >= 0.3 is 0 Å². The summed E-state index contributed by atoms with van der Waals surface area (Å²) >= 11 is 0. The van der Waals surface area contributed by atoms with Crippen molar-refractivity contribution in [3.8, 4) is 0 Å². The zero-order valence-electron chi connectivity index (χ0n) is 13.3. The lowest BCUT2D eigenvalue weighted by atomic mass is 9.95. The SMILES string of the molecule is Cc1cc(CN[C@@H](C)[C@@H]2CCCOC2)ccc1N(C)C. The van der Waals surface area contributed by atoms with E-state index >= 15 is 0 Å². The predicted molar refractivity (Wildman–Crippen MR) is 85.4 cm³/mol. The molecule has 0 aromatic heterocycles. The summed E-state index contributed by atoms with van der Waals surface area (Å²) in [5, 5.41) is 3.65. The van der Waals surface area contributed by atoms with Crippen molar-refractivity contribution in [2.24, 2.45) is 5.92 Å². The first-order valence-corrected chi connectivity index (χ1v) is 7.66. The van der Waals surface area contributed by atoms with Crippen LogP contribution in [0.3, 0.4) is 0 Å². The third-order valence-corrected chi connectivity index (χ3v) is 4.27. The second-order valence-corrected chi connectivity index (χ2v) is 6.16. The smallest absolute Gasteiger partial charge is 0.0509 e. The van der Waals surface area contributed by atoms with Crippen LogP contribution in [-0.2, 0) is 11.3 Å². The van der Waals surface area contributed by atoms with Crippen LogP contribution in [0.25, 0.3) is 0 Å². The zero-order chi connectivity index (χ0) is 14.5. The van der Waals surface area contributed by atoms with E-state index in [0.717, 1.165) is 19.8 Å². The molecule has 0 unspecified atom stereocenters. The molecule has 20 heavy (non-hydrogen) atoms. The molecule has 1 heterocycles. The fourth-order valence-electron chi connectivity index (χ4n) is 2.93. The molecule has 0 spiro atoms. The average molecular weight is 276 g/mol. The first-order valence-electron chi connectivity index (χ1n) is 7.66. The number of hydrogen-bond acceptors (Lipinski definition) is 3. The summed E-state index contributed by atoms with van der Waals surface area (Å²) in [6.45, 7) is 7.24. The van der Waals surface area contributed by atoms with Crippen molar-refractivity contribution in [2.75, 3.05) is 32.2 Å². The van der Waals surface area contributed by atoms with Gasteiger partial charge in [0, 0.05) is 39.0 Å². The van der Waals surface area contributed by atoms with Crippen molar-refractivity contribution in [1.29, 1.82) is 0 Å². The minimum absolute atomic E-state index is 0.518. The van der Waals surface area contributed by atoms with Crippen LogP contribution in [0, 0.1) is 12.8 Å². The highest BCUT2D eigenvalue weighted by Crippen LogP contribution is 2.20. The van der Waals surface area contributed by atoms with Gasteiger partial charge in [-0.1, -0.05) is 12.1 Å². The minimum Gasteiger partial charge on any atom is -0.381 e. The highest BCUT2D eigenvalue weighted by atomic mass is 16.5. The summed E-state index contributed by atoms with van der Waals surface area (Å²) in [7, 11) is 4.18. The Balaban J connectivity index is 1.88. The molecule has 0 amide bonds. The summed E-state index contributed by atoms with van der Waals surface area (Å²) in [6, 6.07) is 7.23. The summed E-state index contributed by atoms with van der Waals surface area (Å²) in [5.41, 5.74) is 3.99. The van der Waals surface area contributed by atoms with Crippen LogP contribution in [-0.4, -0.2) is 33.4 Å². The molecule has 0 aliphatic carbocycles. The molecule has 0 radical (unpaired) electrons. The van der Waals surface area contributed by atoms with E-state index in [-0.39, 0.29) is 0 Å².